The summed E-state index contributed by atoms with van der Waals surface area (Å²) in [7, 11) is 1.64. The SMILES string of the molecule is CO/C(C)=C/c1ncccc1-n1ccnc1. The van der Waals surface area contributed by atoms with Crippen molar-refractivity contribution < 1.29 is 4.74 Å². The maximum absolute atomic E-state index is 5.12. The average Bonchev–Trinajstić information content (AvgIpc) is 2.83. The molecule has 0 aliphatic rings. The first kappa shape index (κ1) is 10.4. The van der Waals surface area contributed by atoms with E-state index in [0.717, 1.165) is 17.1 Å². The van der Waals surface area contributed by atoms with Gasteiger partial charge in [0.2, 0.25) is 0 Å². The van der Waals surface area contributed by atoms with Crippen molar-refractivity contribution in [2.45, 2.75) is 6.92 Å². The summed E-state index contributed by atoms with van der Waals surface area (Å²) in [5.74, 6) is 0.820. The highest BCUT2D eigenvalue weighted by Crippen LogP contribution is 2.14. The third-order valence-electron chi connectivity index (χ3n) is 2.26. The van der Waals surface area contributed by atoms with Crippen LogP contribution in [0, 0.1) is 0 Å². The Kier molecular flexibility index (Phi) is 3.00. The molecule has 4 nitrogen and oxygen atoms in total. The van der Waals surface area contributed by atoms with E-state index in [-0.39, 0.29) is 0 Å². The van der Waals surface area contributed by atoms with Gasteiger partial charge in [-0.25, -0.2) is 4.98 Å². The summed E-state index contributed by atoms with van der Waals surface area (Å²) in [5, 5.41) is 0. The number of hydrogen-bond acceptors (Lipinski definition) is 3. The zero-order valence-electron chi connectivity index (χ0n) is 9.29. The predicted octanol–water partition coefficient (Wildman–Crippen LogP) is 2.27. The van der Waals surface area contributed by atoms with Gasteiger partial charge in [0.1, 0.15) is 0 Å². The van der Waals surface area contributed by atoms with Crippen LogP contribution in [-0.4, -0.2) is 21.6 Å². The second kappa shape index (κ2) is 4.61. The van der Waals surface area contributed by atoms with Gasteiger partial charge in [-0.05, 0) is 19.1 Å². The van der Waals surface area contributed by atoms with Gasteiger partial charge in [-0.15, -0.1) is 0 Å². The first-order chi connectivity index (χ1) is 7.81. The van der Waals surface area contributed by atoms with Gasteiger partial charge in [-0.2, -0.15) is 0 Å². The molecule has 4 heteroatoms. The summed E-state index contributed by atoms with van der Waals surface area (Å²) in [6.45, 7) is 1.90. The highest BCUT2D eigenvalue weighted by molar-refractivity contribution is 5.57. The quantitative estimate of drug-likeness (QED) is 0.737. The van der Waals surface area contributed by atoms with Crippen LogP contribution in [0.2, 0.25) is 0 Å². The second-order valence-electron chi connectivity index (χ2n) is 3.34. The third kappa shape index (κ3) is 2.11. The molecular weight excluding hydrogens is 202 g/mol. The lowest BCUT2D eigenvalue weighted by Gasteiger charge is -2.06. The minimum atomic E-state index is 0.820. The molecule has 0 spiro atoms. The fourth-order valence-electron chi connectivity index (χ4n) is 1.39. The fraction of sp³-hybridized carbons (Fsp3) is 0.167. The normalized spacial score (nSPS) is 11.5. The van der Waals surface area contributed by atoms with Crippen LogP contribution < -0.4 is 0 Å². The standard InChI is InChI=1S/C12H13N3O/c1-10(16-2)8-11-12(4-3-5-14-11)15-7-6-13-9-15/h3-9H,1-2H3/b10-8+. The number of methoxy groups -OCH3 is 1. The molecule has 0 fully saturated rings. The van der Waals surface area contributed by atoms with Gasteiger partial charge in [-0.1, -0.05) is 0 Å². The van der Waals surface area contributed by atoms with Crippen molar-refractivity contribution in [3.05, 3.63) is 48.5 Å². The van der Waals surface area contributed by atoms with Crippen molar-refractivity contribution in [2.75, 3.05) is 7.11 Å². The van der Waals surface area contributed by atoms with E-state index in [4.69, 9.17) is 4.74 Å². The van der Waals surface area contributed by atoms with Crippen molar-refractivity contribution >= 4 is 6.08 Å². The summed E-state index contributed by atoms with van der Waals surface area (Å²) in [6.07, 6.45) is 9.03. The monoisotopic (exact) mass is 215 g/mol. The van der Waals surface area contributed by atoms with Crippen molar-refractivity contribution in [3.8, 4) is 5.69 Å². The molecule has 0 atom stereocenters. The van der Waals surface area contributed by atoms with Crippen LogP contribution >= 0.6 is 0 Å². The highest BCUT2D eigenvalue weighted by Gasteiger charge is 2.02. The minimum absolute atomic E-state index is 0.820. The number of imidazole rings is 1. The maximum Gasteiger partial charge on any atom is 0.0992 e. The molecule has 0 aliphatic heterocycles. The Bertz CT molecular complexity index is 489. The smallest absolute Gasteiger partial charge is 0.0992 e. The lowest BCUT2D eigenvalue weighted by molar-refractivity contribution is 0.297. The first-order valence-electron chi connectivity index (χ1n) is 4.97. The van der Waals surface area contributed by atoms with Crippen molar-refractivity contribution in [1.82, 2.24) is 14.5 Å². The van der Waals surface area contributed by atoms with Gasteiger partial charge >= 0.3 is 0 Å². The van der Waals surface area contributed by atoms with E-state index in [2.05, 4.69) is 9.97 Å². The highest BCUT2D eigenvalue weighted by atomic mass is 16.5. The Hall–Kier alpha value is -2.10. The van der Waals surface area contributed by atoms with Crippen molar-refractivity contribution in [2.24, 2.45) is 0 Å². The molecule has 0 radical (unpaired) electrons. The number of aromatic nitrogens is 3. The van der Waals surface area contributed by atoms with Crippen LogP contribution in [0.3, 0.4) is 0 Å². The Morgan fingerprint density at radius 2 is 2.31 bits per heavy atom. The van der Waals surface area contributed by atoms with Crippen molar-refractivity contribution in [1.29, 1.82) is 0 Å². The number of pyridine rings is 1. The summed E-state index contributed by atoms with van der Waals surface area (Å²) in [4.78, 5) is 8.34. The minimum Gasteiger partial charge on any atom is -0.501 e. The molecular formula is C12H13N3O. The lowest BCUT2D eigenvalue weighted by atomic mass is 10.2. The zero-order chi connectivity index (χ0) is 11.4. The van der Waals surface area contributed by atoms with Gasteiger partial charge < -0.3 is 9.30 Å². The van der Waals surface area contributed by atoms with Crippen LogP contribution in [0.15, 0.2) is 42.8 Å². The number of rotatable bonds is 3. The summed E-state index contributed by atoms with van der Waals surface area (Å²) < 4.78 is 7.04. The number of ether oxygens (including phenoxy) is 1. The van der Waals surface area contributed by atoms with Crippen LogP contribution in [0.1, 0.15) is 12.6 Å². The number of nitrogens with zero attached hydrogens (tertiary/aromatic N) is 3. The molecule has 0 bridgehead atoms. The van der Waals surface area contributed by atoms with E-state index < -0.39 is 0 Å². The zero-order valence-corrected chi connectivity index (χ0v) is 9.29. The van der Waals surface area contributed by atoms with Crippen LogP contribution in [0.4, 0.5) is 0 Å². The third-order valence-corrected chi connectivity index (χ3v) is 2.26. The topological polar surface area (TPSA) is 39.9 Å². The van der Waals surface area contributed by atoms with Crippen molar-refractivity contribution in [3.63, 3.8) is 0 Å². The van der Waals surface area contributed by atoms with Crippen LogP contribution in [-0.2, 0) is 4.74 Å². The fourth-order valence-corrected chi connectivity index (χ4v) is 1.39. The largest absolute Gasteiger partial charge is 0.501 e. The Balaban J connectivity index is 2.47. The molecule has 0 amide bonds. The Morgan fingerprint density at radius 1 is 1.44 bits per heavy atom. The van der Waals surface area contributed by atoms with Gasteiger partial charge in [0.15, 0.2) is 0 Å². The van der Waals surface area contributed by atoms with Gasteiger partial charge in [0.25, 0.3) is 0 Å². The average molecular weight is 215 g/mol. The molecule has 0 aromatic carbocycles. The Morgan fingerprint density at radius 3 is 3.00 bits per heavy atom. The van der Waals surface area contributed by atoms with E-state index in [9.17, 15) is 0 Å². The second-order valence-corrected chi connectivity index (χ2v) is 3.34. The van der Waals surface area contributed by atoms with Gasteiger partial charge in [0, 0.05) is 24.7 Å². The lowest BCUT2D eigenvalue weighted by Crippen LogP contribution is -1.96. The van der Waals surface area contributed by atoms with E-state index in [0.29, 0.717) is 0 Å². The molecule has 0 N–H and O–H groups in total. The molecule has 2 rings (SSSR count). The molecule has 0 saturated carbocycles. The van der Waals surface area contributed by atoms with E-state index in [1.165, 1.54) is 0 Å². The maximum atomic E-state index is 5.12. The predicted molar refractivity (Wildman–Crippen MR) is 62.0 cm³/mol. The molecule has 2 aromatic rings. The molecule has 16 heavy (non-hydrogen) atoms. The molecule has 82 valence electrons. The summed E-state index contributed by atoms with van der Waals surface area (Å²) in [6, 6.07) is 3.89. The van der Waals surface area contributed by atoms with Crippen LogP contribution in [0.5, 0.6) is 0 Å². The molecule has 2 heterocycles. The molecule has 0 saturated heterocycles. The summed E-state index contributed by atoms with van der Waals surface area (Å²) in [5.41, 5.74) is 1.84. The van der Waals surface area contributed by atoms with Gasteiger partial charge in [0.05, 0.1) is 30.6 Å². The summed E-state index contributed by atoms with van der Waals surface area (Å²) >= 11 is 0. The number of hydrogen-bond donors (Lipinski definition) is 0. The van der Waals surface area contributed by atoms with E-state index in [1.807, 2.05) is 35.9 Å². The Labute approximate surface area is 94.2 Å². The first-order valence-corrected chi connectivity index (χ1v) is 4.97. The van der Waals surface area contributed by atoms with Crippen LogP contribution in [0.25, 0.3) is 11.8 Å². The van der Waals surface area contributed by atoms with E-state index in [1.54, 1.807) is 25.8 Å². The molecule has 0 unspecified atom stereocenters. The van der Waals surface area contributed by atoms with Gasteiger partial charge in [-0.3, -0.25) is 4.98 Å². The van der Waals surface area contributed by atoms with E-state index >= 15 is 0 Å². The number of allylic oxidation sites excluding steroid dienone is 1. The molecule has 2 aromatic heterocycles. The molecule has 0 aliphatic carbocycles.